The number of alkyl halides is 1. The first-order valence-electron chi connectivity index (χ1n) is 3.94. The van der Waals surface area contributed by atoms with Crippen molar-refractivity contribution in [1.82, 2.24) is 0 Å². The van der Waals surface area contributed by atoms with Gasteiger partial charge in [0.05, 0.1) is 9.72 Å². The quantitative estimate of drug-likeness (QED) is 0.716. The number of benzene rings is 1. The lowest BCUT2D eigenvalue weighted by atomic mass is 10.1. The monoisotopic (exact) mass is 285 g/mol. The minimum Gasteiger partial charge on any atom is -0.192 e. The number of nitriles is 1. The third-order valence-corrected chi connectivity index (χ3v) is 4.18. The summed E-state index contributed by atoms with van der Waals surface area (Å²) in [7, 11) is 0. The lowest BCUT2D eigenvalue weighted by molar-refractivity contribution is 1.46. The van der Waals surface area contributed by atoms with E-state index in [0.29, 0.717) is 5.33 Å². The molecule has 0 N–H and O–H groups in total. The number of hydrogen-bond donors (Lipinski definition) is 0. The van der Waals surface area contributed by atoms with Crippen LogP contribution in [0.4, 0.5) is 0 Å². The number of nitrogens with zero attached hydrogens (tertiary/aromatic N) is 1. The molecule has 2 aromatic rings. The summed E-state index contributed by atoms with van der Waals surface area (Å²) < 4.78 is 1.00. The Kier molecular flexibility index (Phi) is 2.78. The number of thiophene rings is 1. The second-order valence-electron chi connectivity index (χ2n) is 2.77. The zero-order valence-electron chi connectivity index (χ0n) is 7.05. The van der Waals surface area contributed by atoms with Crippen LogP contribution in [0, 0.1) is 11.3 Å². The molecule has 2 rings (SSSR count). The van der Waals surface area contributed by atoms with Crippen LogP contribution in [-0.4, -0.2) is 0 Å². The van der Waals surface area contributed by atoms with Gasteiger partial charge in [0.1, 0.15) is 10.9 Å². The molecule has 0 bridgehead atoms. The number of halogens is 2. The topological polar surface area (TPSA) is 23.8 Å². The van der Waals surface area contributed by atoms with Gasteiger partial charge in [0.2, 0.25) is 0 Å². The Balaban J connectivity index is 2.88. The van der Waals surface area contributed by atoms with Gasteiger partial charge >= 0.3 is 0 Å². The highest BCUT2D eigenvalue weighted by molar-refractivity contribution is 9.08. The highest BCUT2D eigenvalue weighted by Crippen LogP contribution is 2.36. The SMILES string of the molecule is N#Cc1sc2c(Cl)cccc2c1CBr. The zero-order valence-corrected chi connectivity index (χ0v) is 10.2. The second-order valence-corrected chi connectivity index (χ2v) is 4.76. The summed E-state index contributed by atoms with van der Waals surface area (Å²) in [6.45, 7) is 0. The predicted octanol–water partition coefficient (Wildman–Crippen LogP) is 4.32. The summed E-state index contributed by atoms with van der Waals surface area (Å²) in [6, 6.07) is 7.94. The van der Waals surface area contributed by atoms with Crippen molar-refractivity contribution < 1.29 is 0 Å². The Bertz CT molecular complexity index is 527. The van der Waals surface area contributed by atoms with Gasteiger partial charge in [-0.1, -0.05) is 39.7 Å². The molecule has 70 valence electrons. The third kappa shape index (κ3) is 1.44. The highest BCUT2D eigenvalue weighted by atomic mass is 79.9. The van der Waals surface area contributed by atoms with Crippen LogP contribution in [0.5, 0.6) is 0 Å². The Morgan fingerprint density at radius 3 is 2.93 bits per heavy atom. The Morgan fingerprint density at radius 2 is 2.29 bits per heavy atom. The van der Waals surface area contributed by atoms with E-state index in [1.54, 1.807) is 0 Å². The van der Waals surface area contributed by atoms with Crippen molar-refractivity contribution in [3.05, 3.63) is 33.7 Å². The zero-order chi connectivity index (χ0) is 10.1. The molecule has 0 aliphatic heterocycles. The molecule has 1 heterocycles. The van der Waals surface area contributed by atoms with Crippen LogP contribution in [-0.2, 0) is 5.33 Å². The molecule has 0 saturated heterocycles. The number of hydrogen-bond acceptors (Lipinski definition) is 2. The predicted molar refractivity (Wildman–Crippen MR) is 64.2 cm³/mol. The van der Waals surface area contributed by atoms with Crippen LogP contribution in [0.25, 0.3) is 10.1 Å². The van der Waals surface area contributed by atoms with Crippen molar-refractivity contribution in [2.75, 3.05) is 0 Å². The summed E-state index contributed by atoms with van der Waals surface area (Å²) >= 11 is 10.9. The molecule has 0 radical (unpaired) electrons. The molecular formula is C10H5BrClNS. The molecule has 1 aromatic heterocycles. The van der Waals surface area contributed by atoms with Crippen molar-refractivity contribution in [2.24, 2.45) is 0 Å². The molecule has 0 saturated carbocycles. The summed E-state index contributed by atoms with van der Waals surface area (Å²) in [5.74, 6) is 0. The van der Waals surface area contributed by atoms with E-state index in [4.69, 9.17) is 16.9 Å². The summed E-state index contributed by atoms with van der Waals surface area (Å²) in [6.07, 6.45) is 0. The van der Waals surface area contributed by atoms with Gasteiger partial charge in [-0.3, -0.25) is 0 Å². The van der Waals surface area contributed by atoms with Crippen LogP contribution in [0.3, 0.4) is 0 Å². The van der Waals surface area contributed by atoms with E-state index < -0.39 is 0 Å². The molecular weight excluding hydrogens is 282 g/mol. The number of rotatable bonds is 1. The second kappa shape index (κ2) is 3.90. The van der Waals surface area contributed by atoms with Crippen molar-refractivity contribution in [2.45, 2.75) is 5.33 Å². The number of fused-ring (bicyclic) bond motifs is 1. The lowest BCUT2D eigenvalue weighted by Gasteiger charge is -1.94. The van der Waals surface area contributed by atoms with E-state index in [9.17, 15) is 0 Å². The van der Waals surface area contributed by atoms with Gasteiger partial charge in [-0.2, -0.15) is 5.26 Å². The standard InChI is InChI=1S/C10H5BrClNS/c11-4-7-6-2-1-3-8(12)10(6)14-9(7)5-13/h1-3H,4H2. The van der Waals surface area contributed by atoms with Crippen molar-refractivity contribution >= 4 is 49.0 Å². The lowest BCUT2D eigenvalue weighted by Crippen LogP contribution is -1.77. The first-order chi connectivity index (χ1) is 6.77. The normalized spacial score (nSPS) is 10.4. The van der Waals surface area contributed by atoms with E-state index in [2.05, 4.69) is 22.0 Å². The van der Waals surface area contributed by atoms with Gasteiger partial charge in [0, 0.05) is 5.33 Å². The van der Waals surface area contributed by atoms with Crippen LogP contribution in [0.2, 0.25) is 5.02 Å². The molecule has 0 aliphatic carbocycles. The molecule has 0 atom stereocenters. The maximum atomic E-state index is 8.94. The summed E-state index contributed by atoms with van der Waals surface area (Å²) in [5.41, 5.74) is 1.04. The molecule has 0 unspecified atom stereocenters. The largest absolute Gasteiger partial charge is 0.192 e. The van der Waals surface area contributed by atoms with E-state index in [1.807, 2.05) is 18.2 Å². The molecule has 0 fully saturated rings. The maximum Gasteiger partial charge on any atom is 0.110 e. The molecule has 1 aromatic carbocycles. The molecule has 0 amide bonds. The maximum absolute atomic E-state index is 8.94. The molecule has 1 nitrogen and oxygen atoms in total. The van der Waals surface area contributed by atoms with Crippen LogP contribution >= 0.6 is 38.9 Å². The fraction of sp³-hybridized carbons (Fsp3) is 0.100. The van der Waals surface area contributed by atoms with Crippen LogP contribution < -0.4 is 0 Å². The molecule has 0 spiro atoms. The first-order valence-corrected chi connectivity index (χ1v) is 6.25. The van der Waals surface area contributed by atoms with E-state index in [1.165, 1.54) is 11.3 Å². The minimum atomic E-state index is 0.691. The summed E-state index contributed by atoms with van der Waals surface area (Å²) in [4.78, 5) is 0.741. The fourth-order valence-corrected chi connectivity index (χ4v) is 3.44. The van der Waals surface area contributed by atoms with Gasteiger partial charge < -0.3 is 0 Å². The van der Waals surface area contributed by atoms with Gasteiger partial charge in [-0.25, -0.2) is 0 Å². The summed E-state index contributed by atoms with van der Waals surface area (Å²) in [5, 5.41) is 11.4. The molecule has 0 aliphatic rings. The first kappa shape index (κ1) is 9.97. The Hall–Kier alpha value is -0.560. The average Bonchev–Trinajstić information content (AvgIpc) is 2.57. The fourth-order valence-electron chi connectivity index (χ4n) is 1.36. The van der Waals surface area contributed by atoms with Crippen molar-refractivity contribution in [3.63, 3.8) is 0 Å². The third-order valence-electron chi connectivity index (χ3n) is 2.01. The van der Waals surface area contributed by atoms with Crippen LogP contribution in [0.1, 0.15) is 10.4 Å². The van der Waals surface area contributed by atoms with E-state index in [0.717, 1.165) is 25.5 Å². The minimum absolute atomic E-state index is 0.691. The van der Waals surface area contributed by atoms with E-state index >= 15 is 0 Å². The highest BCUT2D eigenvalue weighted by Gasteiger charge is 2.12. The van der Waals surface area contributed by atoms with Crippen molar-refractivity contribution in [3.8, 4) is 6.07 Å². The molecule has 14 heavy (non-hydrogen) atoms. The Morgan fingerprint density at radius 1 is 1.50 bits per heavy atom. The van der Waals surface area contributed by atoms with E-state index in [-0.39, 0.29) is 0 Å². The van der Waals surface area contributed by atoms with Gasteiger partial charge in [-0.15, -0.1) is 11.3 Å². The average molecular weight is 287 g/mol. The smallest absolute Gasteiger partial charge is 0.110 e. The Labute approximate surface area is 99.0 Å². The van der Waals surface area contributed by atoms with Gasteiger partial charge in [-0.05, 0) is 17.0 Å². The van der Waals surface area contributed by atoms with Gasteiger partial charge in [0.15, 0.2) is 0 Å². The van der Waals surface area contributed by atoms with Gasteiger partial charge in [0.25, 0.3) is 0 Å². The van der Waals surface area contributed by atoms with Crippen LogP contribution in [0.15, 0.2) is 18.2 Å². The van der Waals surface area contributed by atoms with Crippen molar-refractivity contribution in [1.29, 1.82) is 5.26 Å². The molecule has 4 heteroatoms.